The van der Waals surface area contributed by atoms with Crippen LogP contribution in [0, 0.1) is 0 Å². The van der Waals surface area contributed by atoms with E-state index in [9.17, 15) is 9.90 Å². The lowest BCUT2D eigenvalue weighted by Gasteiger charge is -2.37. The minimum Gasteiger partial charge on any atom is -0.508 e. The van der Waals surface area contributed by atoms with E-state index in [1.807, 2.05) is 17.0 Å². The number of piperazine rings is 1. The second-order valence-electron chi connectivity index (χ2n) is 7.06. The number of rotatable bonds is 5. The zero-order valence-electron chi connectivity index (χ0n) is 16.1. The molecule has 1 aromatic carbocycles. The number of aromatic hydroxyl groups is 1. The van der Waals surface area contributed by atoms with Crippen LogP contribution in [0.15, 0.2) is 29.3 Å². The number of guanidine groups is 1. The maximum Gasteiger partial charge on any atom is 0.251 e. The van der Waals surface area contributed by atoms with Crippen molar-refractivity contribution in [2.45, 2.75) is 31.8 Å². The molecule has 27 heavy (non-hydrogen) atoms. The number of carbonyl (C=O) groups is 1. The summed E-state index contributed by atoms with van der Waals surface area (Å²) in [6.45, 7) is 4.55. The van der Waals surface area contributed by atoms with Crippen molar-refractivity contribution >= 4 is 11.9 Å². The zero-order valence-corrected chi connectivity index (χ0v) is 16.1. The van der Waals surface area contributed by atoms with Crippen LogP contribution < -0.4 is 5.32 Å². The van der Waals surface area contributed by atoms with Gasteiger partial charge in [-0.3, -0.25) is 9.79 Å². The normalized spacial score (nSPS) is 20.8. The van der Waals surface area contributed by atoms with E-state index in [-0.39, 0.29) is 12.0 Å². The molecule has 2 N–H and O–H groups in total. The average molecular weight is 374 g/mol. The summed E-state index contributed by atoms with van der Waals surface area (Å²) in [5.74, 6) is 1.34. The second-order valence-corrected chi connectivity index (χ2v) is 7.06. The van der Waals surface area contributed by atoms with Gasteiger partial charge < -0.3 is 25.0 Å². The van der Waals surface area contributed by atoms with E-state index in [0.717, 1.165) is 51.3 Å². The van der Waals surface area contributed by atoms with Crippen molar-refractivity contribution in [3.05, 3.63) is 29.8 Å². The molecule has 2 saturated heterocycles. The van der Waals surface area contributed by atoms with Crippen LogP contribution >= 0.6 is 0 Å². The fourth-order valence-corrected chi connectivity index (χ4v) is 3.60. The van der Waals surface area contributed by atoms with Crippen LogP contribution in [-0.4, -0.2) is 79.3 Å². The Kier molecular flexibility index (Phi) is 6.92. The van der Waals surface area contributed by atoms with E-state index >= 15 is 0 Å². The summed E-state index contributed by atoms with van der Waals surface area (Å²) >= 11 is 0. The molecule has 2 heterocycles. The number of phenols is 1. The van der Waals surface area contributed by atoms with E-state index in [0.29, 0.717) is 25.4 Å². The molecule has 2 aliphatic rings. The van der Waals surface area contributed by atoms with Gasteiger partial charge in [-0.1, -0.05) is 12.1 Å². The van der Waals surface area contributed by atoms with Gasteiger partial charge in [-0.2, -0.15) is 0 Å². The summed E-state index contributed by atoms with van der Waals surface area (Å²) in [5, 5.41) is 12.7. The molecule has 0 spiro atoms. The first kappa shape index (κ1) is 19.5. The van der Waals surface area contributed by atoms with Crippen LogP contribution in [0.3, 0.4) is 0 Å². The summed E-state index contributed by atoms with van der Waals surface area (Å²) in [5.41, 5.74) is 1.21. The Hall–Kier alpha value is -2.28. The van der Waals surface area contributed by atoms with E-state index in [4.69, 9.17) is 4.74 Å². The predicted molar refractivity (Wildman–Crippen MR) is 105 cm³/mol. The molecular formula is C20H30N4O3. The smallest absolute Gasteiger partial charge is 0.251 e. The number of nitrogens with zero attached hydrogens (tertiary/aromatic N) is 3. The average Bonchev–Trinajstić information content (AvgIpc) is 3.24. The Labute approximate surface area is 161 Å². The fourth-order valence-electron chi connectivity index (χ4n) is 3.60. The minimum absolute atomic E-state index is 0.143. The molecule has 2 fully saturated rings. The van der Waals surface area contributed by atoms with Crippen LogP contribution in [0.2, 0.25) is 0 Å². The Balaban J connectivity index is 1.38. The number of hydrogen-bond acceptors (Lipinski definition) is 4. The van der Waals surface area contributed by atoms with E-state index < -0.39 is 0 Å². The Morgan fingerprint density at radius 2 is 1.93 bits per heavy atom. The zero-order chi connectivity index (χ0) is 19.1. The van der Waals surface area contributed by atoms with E-state index in [2.05, 4.69) is 15.2 Å². The monoisotopic (exact) mass is 374 g/mol. The third-order valence-electron chi connectivity index (χ3n) is 5.17. The van der Waals surface area contributed by atoms with Crippen LogP contribution in [0.1, 0.15) is 24.8 Å². The topological polar surface area (TPSA) is 77.4 Å². The molecule has 1 unspecified atom stereocenters. The number of carbonyl (C=O) groups excluding carboxylic acids is 1. The molecule has 1 atom stereocenters. The lowest BCUT2D eigenvalue weighted by atomic mass is 10.1. The molecule has 0 radical (unpaired) electrons. The molecule has 0 aliphatic carbocycles. The van der Waals surface area contributed by atoms with E-state index in [1.54, 1.807) is 19.2 Å². The molecule has 148 valence electrons. The number of aliphatic imine (C=N–C) groups is 1. The fraction of sp³-hybridized carbons (Fsp3) is 0.600. The molecule has 1 amide bonds. The molecule has 1 aromatic rings. The van der Waals surface area contributed by atoms with Crippen molar-refractivity contribution in [1.82, 2.24) is 15.1 Å². The van der Waals surface area contributed by atoms with Gasteiger partial charge >= 0.3 is 0 Å². The van der Waals surface area contributed by atoms with Gasteiger partial charge in [0.2, 0.25) is 0 Å². The third kappa shape index (κ3) is 5.35. The van der Waals surface area contributed by atoms with Gasteiger partial charge in [0.05, 0.1) is 0 Å². The number of benzene rings is 1. The van der Waals surface area contributed by atoms with Gasteiger partial charge in [0.25, 0.3) is 5.91 Å². The standard InChI is InChI=1S/C20H30N4O3/c1-21-20(22-10-2-4-16-6-8-17(25)9-7-16)24-13-11-23(12-14-24)19(26)18-5-3-15-27-18/h6-9,18,25H,2-5,10-15H2,1H3,(H,21,22). The first-order valence-electron chi connectivity index (χ1n) is 9.81. The summed E-state index contributed by atoms with van der Waals surface area (Å²) in [6.07, 6.45) is 3.55. The lowest BCUT2D eigenvalue weighted by molar-refractivity contribution is -0.142. The first-order valence-corrected chi connectivity index (χ1v) is 9.81. The van der Waals surface area contributed by atoms with Gasteiger partial charge in [0.1, 0.15) is 11.9 Å². The quantitative estimate of drug-likeness (QED) is 0.460. The van der Waals surface area contributed by atoms with Crippen molar-refractivity contribution in [1.29, 1.82) is 0 Å². The van der Waals surface area contributed by atoms with Gasteiger partial charge in [-0.05, 0) is 43.4 Å². The maximum absolute atomic E-state index is 12.4. The third-order valence-corrected chi connectivity index (χ3v) is 5.17. The number of aryl methyl sites for hydroxylation is 1. The van der Waals surface area contributed by atoms with Gasteiger partial charge in [0, 0.05) is 46.4 Å². The molecule has 0 bridgehead atoms. The van der Waals surface area contributed by atoms with Crippen LogP contribution in [0.5, 0.6) is 5.75 Å². The minimum atomic E-state index is -0.228. The number of amides is 1. The highest BCUT2D eigenvalue weighted by Gasteiger charge is 2.30. The van der Waals surface area contributed by atoms with Crippen LogP contribution in [-0.2, 0) is 16.0 Å². The van der Waals surface area contributed by atoms with Crippen LogP contribution in [0.4, 0.5) is 0 Å². The highest BCUT2D eigenvalue weighted by atomic mass is 16.5. The van der Waals surface area contributed by atoms with Crippen molar-refractivity contribution < 1.29 is 14.6 Å². The van der Waals surface area contributed by atoms with E-state index in [1.165, 1.54) is 5.56 Å². The molecule has 0 aromatic heterocycles. The predicted octanol–water partition coefficient (Wildman–Crippen LogP) is 1.22. The number of ether oxygens (including phenoxy) is 1. The summed E-state index contributed by atoms with van der Waals surface area (Å²) in [7, 11) is 1.80. The molecule has 3 rings (SSSR count). The summed E-state index contributed by atoms with van der Waals surface area (Å²) in [6, 6.07) is 7.35. The highest BCUT2D eigenvalue weighted by Crippen LogP contribution is 2.16. The Morgan fingerprint density at radius 3 is 2.56 bits per heavy atom. The molecule has 7 heteroatoms. The first-order chi connectivity index (χ1) is 13.2. The molecule has 2 aliphatic heterocycles. The Bertz CT molecular complexity index is 633. The Morgan fingerprint density at radius 1 is 1.22 bits per heavy atom. The summed E-state index contributed by atoms with van der Waals surface area (Å²) < 4.78 is 5.52. The van der Waals surface area contributed by atoms with Crippen molar-refractivity contribution in [2.75, 3.05) is 46.4 Å². The number of hydrogen-bond donors (Lipinski definition) is 2. The highest BCUT2D eigenvalue weighted by molar-refractivity contribution is 5.82. The molecular weight excluding hydrogens is 344 g/mol. The largest absolute Gasteiger partial charge is 0.508 e. The van der Waals surface area contributed by atoms with Gasteiger partial charge in [-0.25, -0.2) is 0 Å². The van der Waals surface area contributed by atoms with Crippen molar-refractivity contribution in [3.8, 4) is 5.75 Å². The number of nitrogens with one attached hydrogen (secondary N) is 1. The summed E-state index contributed by atoms with van der Waals surface area (Å²) in [4.78, 5) is 20.9. The van der Waals surface area contributed by atoms with Crippen molar-refractivity contribution in [2.24, 2.45) is 4.99 Å². The SMILES string of the molecule is CN=C(NCCCc1ccc(O)cc1)N1CCN(C(=O)C2CCCO2)CC1. The maximum atomic E-state index is 12.4. The molecule has 7 nitrogen and oxygen atoms in total. The lowest BCUT2D eigenvalue weighted by Crippen LogP contribution is -2.55. The van der Waals surface area contributed by atoms with Gasteiger partial charge in [0.15, 0.2) is 5.96 Å². The van der Waals surface area contributed by atoms with Gasteiger partial charge in [-0.15, -0.1) is 0 Å². The van der Waals surface area contributed by atoms with Crippen LogP contribution in [0.25, 0.3) is 0 Å². The van der Waals surface area contributed by atoms with Crippen molar-refractivity contribution in [3.63, 3.8) is 0 Å². The number of phenolic OH excluding ortho intramolecular Hbond substituents is 1. The molecule has 0 saturated carbocycles. The second kappa shape index (κ2) is 9.60.